The van der Waals surface area contributed by atoms with E-state index in [2.05, 4.69) is 28.3 Å². The second-order valence-corrected chi connectivity index (χ2v) is 10.4. The zero-order chi connectivity index (χ0) is 21.6. The van der Waals surface area contributed by atoms with Crippen LogP contribution in [0.1, 0.15) is 35.1 Å². The Bertz CT molecular complexity index is 1290. The fourth-order valence-electron chi connectivity index (χ4n) is 4.69. The van der Waals surface area contributed by atoms with Crippen molar-refractivity contribution in [3.63, 3.8) is 0 Å². The van der Waals surface area contributed by atoms with Crippen molar-refractivity contribution in [2.45, 2.75) is 30.2 Å². The van der Waals surface area contributed by atoms with Crippen LogP contribution in [0.2, 0.25) is 5.02 Å². The summed E-state index contributed by atoms with van der Waals surface area (Å²) in [5, 5.41) is 4.35. The minimum Gasteiger partial charge on any atom is -0.378 e. The lowest BCUT2D eigenvalue weighted by atomic mass is 9.77. The summed E-state index contributed by atoms with van der Waals surface area (Å²) in [5.41, 5.74) is 4.70. The Labute approximate surface area is 188 Å². The molecule has 3 aromatic rings. The van der Waals surface area contributed by atoms with Crippen LogP contribution in [0.15, 0.2) is 83.8 Å². The summed E-state index contributed by atoms with van der Waals surface area (Å²) in [6.45, 7) is 1.94. The van der Waals surface area contributed by atoms with Crippen LogP contribution in [0.5, 0.6) is 0 Å². The molecule has 158 valence electrons. The van der Waals surface area contributed by atoms with Crippen LogP contribution in [-0.4, -0.2) is 8.42 Å². The number of sulfonamides is 1. The molecule has 1 heterocycles. The standard InChI is InChI=1S/C25H23ClN2O2S/c1-16-5-2-8-19(13-16)28-31(29,30)20-11-12-24-23(15-20)21-9-4-10-22(21)25(27-24)17-6-3-7-18(26)14-17/h2-9,11-15,21-22,25,27-28H,10H2,1H3/t21-,22+,25-/m1/s1. The number of fused-ring (bicyclic) bond motifs is 3. The van der Waals surface area contributed by atoms with Crippen molar-refractivity contribution in [1.29, 1.82) is 0 Å². The van der Waals surface area contributed by atoms with Gasteiger partial charge in [-0.2, -0.15) is 0 Å². The van der Waals surface area contributed by atoms with Gasteiger partial charge in [-0.25, -0.2) is 8.42 Å². The van der Waals surface area contributed by atoms with Gasteiger partial charge in [0, 0.05) is 22.3 Å². The van der Waals surface area contributed by atoms with E-state index < -0.39 is 10.0 Å². The molecule has 0 aromatic heterocycles. The molecule has 0 unspecified atom stereocenters. The molecule has 0 radical (unpaired) electrons. The largest absolute Gasteiger partial charge is 0.378 e. The fraction of sp³-hybridized carbons (Fsp3) is 0.200. The molecule has 0 bridgehead atoms. The van der Waals surface area contributed by atoms with Gasteiger partial charge in [0.2, 0.25) is 0 Å². The molecule has 5 rings (SSSR count). The highest BCUT2D eigenvalue weighted by atomic mass is 35.5. The number of hydrogen-bond acceptors (Lipinski definition) is 3. The van der Waals surface area contributed by atoms with Crippen molar-refractivity contribution in [3.05, 3.63) is 101 Å². The second kappa shape index (κ2) is 7.74. The van der Waals surface area contributed by atoms with Gasteiger partial charge >= 0.3 is 0 Å². The summed E-state index contributed by atoms with van der Waals surface area (Å²) in [6.07, 6.45) is 5.33. The van der Waals surface area contributed by atoms with Crippen molar-refractivity contribution in [2.24, 2.45) is 5.92 Å². The molecule has 4 nitrogen and oxygen atoms in total. The second-order valence-electron chi connectivity index (χ2n) is 8.25. The third-order valence-electron chi connectivity index (χ3n) is 6.12. The number of aryl methyl sites for hydroxylation is 1. The summed E-state index contributed by atoms with van der Waals surface area (Å²) in [6, 6.07) is 20.8. The Morgan fingerprint density at radius 1 is 1.03 bits per heavy atom. The zero-order valence-corrected chi connectivity index (χ0v) is 18.6. The lowest BCUT2D eigenvalue weighted by molar-refractivity contribution is 0.425. The van der Waals surface area contributed by atoms with Gasteiger partial charge in [-0.15, -0.1) is 0 Å². The van der Waals surface area contributed by atoms with Crippen molar-refractivity contribution in [3.8, 4) is 0 Å². The van der Waals surface area contributed by atoms with Crippen LogP contribution in [-0.2, 0) is 10.0 Å². The summed E-state index contributed by atoms with van der Waals surface area (Å²) >= 11 is 6.24. The highest BCUT2D eigenvalue weighted by Crippen LogP contribution is 2.50. The maximum Gasteiger partial charge on any atom is 0.261 e. The molecule has 31 heavy (non-hydrogen) atoms. The topological polar surface area (TPSA) is 58.2 Å². The summed E-state index contributed by atoms with van der Waals surface area (Å²) in [4.78, 5) is 0.273. The van der Waals surface area contributed by atoms with Gasteiger partial charge < -0.3 is 5.32 Å². The number of hydrogen-bond donors (Lipinski definition) is 2. The third-order valence-corrected chi connectivity index (χ3v) is 7.74. The first-order valence-corrected chi connectivity index (χ1v) is 12.2. The maximum absolute atomic E-state index is 13.0. The lowest BCUT2D eigenvalue weighted by Crippen LogP contribution is -2.29. The van der Waals surface area contributed by atoms with E-state index in [0.717, 1.165) is 33.8 Å². The van der Waals surface area contributed by atoms with Gasteiger partial charge in [0.1, 0.15) is 0 Å². The lowest BCUT2D eigenvalue weighted by Gasteiger charge is -2.37. The number of benzene rings is 3. The van der Waals surface area contributed by atoms with Crippen molar-refractivity contribution in [1.82, 2.24) is 0 Å². The summed E-state index contributed by atoms with van der Waals surface area (Å²) < 4.78 is 28.8. The fourth-order valence-corrected chi connectivity index (χ4v) is 5.98. The Hall–Kier alpha value is -2.76. The SMILES string of the molecule is Cc1cccc(NS(=O)(=O)c2ccc3c(c2)[C@@H]2C=CC[C@@H]2[C@@H](c2cccc(Cl)c2)N3)c1. The van der Waals surface area contributed by atoms with E-state index in [9.17, 15) is 8.42 Å². The molecule has 0 amide bonds. The van der Waals surface area contributed by atoms with Gasteiger partial charge in [0.05, 0.1) is 10.9 Å². The van der Waals surface area contributed by atoms with Crippen LogP contribution in [0.25, 0.3) is 0 Å². The monoisotopic (exact) mass is 450 g/mol. The van der Waals surface area contributed by atoms with Crippen LogP contribution >= 0.6 is 11.6 Å². The van der Waals surface area contributed by atoms with Gasteiger partial charge in [0.25, 0.3) is 10.0 Å². The number of allylic oxidation sites excluding steroid dienone is 2. The minimum atomic E-state index is -3.68. The number of rotatable bonds is 4. The molecule has 3 aromatic carbocycles. The van der Waals surface area contributed by atoms with Crippen LogP contribution in [0, 0.1) is 12.8 Å². The third kappa shape index (κ3) is 3.84. The molecule has 1 aliphatic heterocycles. The van der Waals surface area contributed by atoms with E-state index in [1.165, 1.54) is 0 Å². The van der Waals surface area contributed by atoms with Gasteiger partial charge in [0.15, 0.2) is 0 Å². The molecular formula is C25H23ClN2O2S. The molecule has 6 heteroatoms. The van der Waals surface area contributed by atoms with E-state index in [-0.39, 0.29) is 16.9 Å². The van der Waals surface area contributed by atoms with Gasteiger partial charge in [-0.3, -0.25) is 4.72 Å². The Kier molecular flexibility index (Phi) is 5.03. The van der Waals surface area contributed by atoms with E-state index in [1.807, 2.05) is 55.5 Å². The first kappa shape index (κ1) is 20.2. The molecule has 1 aliphatic carbocycles. The highest BCUT2D eigenvalue weighted by molar-refractivity contribution is 7.92. The first-order chi connectivity index (χ1) is 14.9. The number of anilines is 2. The van der Waals surface area contributed by atoms with E-state index in [0.29, 0.717) is 11.6 Å². The van der Waals surface area contributed by atoms with Crippen molar-refractivity contribution in [2.75, 3.05) is 10.0 Å². The van der Waals surface area contributed by atoms with Crippen LogP contribution < -0.4 is 10.0 Å². The first-order valence-electron chi connectivity index (χ1n) is 10.3. The molecule has 0 saturated heterocycles. The van der Waals surface area contributed by atoms with Gasteiger partial charge in [-0.05, 0) is 78.4 Å². The molecular weight excluding hydrogens is 428 g/mol. The number of halogens is 1. The predicted molar refractivity (Wildman–Crippen MR) is 126 cm³/mol. The maximum atomic E-state index is 13.0. The quantitative estimate of drug-likeness (QED) is 0.460. The highest BCUT2D eigenvalue weighted by Gasteiger charge is 2.38. The Balaban J connectivity index is 1.50. The average Bonchev–Trinajstić information content (AvgIpc) is 3.23. The molecule has 3 atom stereocenters. The van der Waals surface area contributed by atoms with E-state index in [4.69, 9.17) is 11.6 Å². The normalized spacial score (nSPS) is 21.8. The molecule has 2 N–H and O–H groups in total. The Morgan fingerprint density at radius 2 is 1.87 bits per heavy atom. The predicted octanol–water partition coefficient (Wildman–Crippen LogP) is 6.28. The molecule has 0 saturated carbocycles. The van der Waals surface area contributed by atoms with Crippen molar-refractivity contribution >= 4 is 33.0 Å². The zero-order valence-electron chi connectivity index (χ0n) is 17.0. The van der Waals surface area contributed by atoms with Gasteiger partial charge in [-0.1, -0.05) is 48.0 Å². The van der Waals surface area contributed by atoms with Crippen molar-refractivity contribution < 1.29 is 8.42 Å². The number of nitrogens with one attached hydrogen (secondary N) is 2. The molecule has 2 aliphatic rings. The molecule has 0 fully saturated rings. The summed E-state index contributed by atoms with van der Waals surface area (Å²) in [7, 11) is -3.68. The smallest absolute Gasteiger partial charge is 0.261 e. The van der Waals surface area contributed by atoms with E-state index in [1.54, 1.807) is 12.1 Å². The minimum absolute atomic E-state index is 0.124. The Morgan fingerprint density at radius 3 is 2.68 bits per heavy atom. The molecule has 0 spiro atoms. The van der Waals surface area contributed by atoms with E-state index >= 15 is 0 Å². The van der Waals surface area contributed by atoms with Crippen LogP contribution in [0.3, 0.4) is 0 Å². The summed E-state index contributed by atoms with van der Waals surface area (Å²) in [5.74, 6) is 0.475. The average molecular weight is 451 g/mol. The van der Waals surface area contributed by atoms with Crippen LogP contribution in [0.4, 0.5) is 11.4 Å².